The van der Waals surface area contributed by atoms with Crippen molar-refractivity contribution in [3.05, 3.63) is 22.8 Å². The molecule has 2 heterocycles. The van der Waals surface area contributed by atoms with Crippen molar-refractivity contribution < 1.29 is 4.79 Å². The topological polar surface area (TPSA) is 45.2 Å². The summed E-state index contributed by atoms with van der Waals surface area (Å²) in [5, 5.41) is 3.61. The van der Waals surface area contributed by atoms with Gasteiger partial charge in [0.15, 0.2) is 0 Å². The van der Waals surface area contributed by atoms with E-state index in [1.165, 1.54) is 0 Å². The molecule has 1 aliphatic heterocycles. The van der Waals surface area contributed by atoms with Crippen molar-refractivity contribution in [3.8, 4) is 0 Å². The minimum atomic E-state index is -0.0577. The van der Waals surface area contributed by atoms with E-state index in [0.717, 1.165) is 44.0 Å². The van der Waals surface area contributed by atoms with E-state index in [1.54, 1.807) is 6.07 Å². The molecule has 0 bridgehead atoms. The van der Waals surface area contributed by atoms with Crippen molar-refractivity contribution in [2.45, 2.75) is 19.8 Å². The standard InChI is InChI=1S/C14H20ClN3OS/c1-2-6-16-12-5-4-11(15)13(17-12)14(19)18-7-3-9-20-10-8-18/h4-5H,2-3,6-10H2,1H3,(H,16,17). The fourth-order valence-corrected chi connectivity index (χ4v) is 3.12. The van der Waals surface area contributed by atoms with Crippen LogP contribution in [0.15, 0.2) is 12.1 Å². The number of nitrogens with one attached hydrogen (secondary N) is 1. The molecule has 0 spiro atoms. The van der Waals surface area contributed by atoms with E-state index in [4.69, 9.17) is 11.6 Å². The molecule has 2 rings (SSSR count). The highest BCUT2D eigenvalue weighted by atomic mass is 35.5. The molecule has 1 N–H and O–H groups in total. The second kappa shape index (κ2) is 7.74. The Morgan fingerprint density at radius 1 is 1.45 bits per heavy atom. The maximum absolute atomic E-state index is 12.5. The minimum absolute atomic E-state index is 0.0577. The highest BCUT2D eigenvalue weighted by molar-refractivity contribution is 7.99. The molecule has 1 amide bonds. The lowest BCUT2D eigenvalue weighted by atomic mass is 10.3. The number of carbonyl (C=O) groups is 1. The predicted molar refractivity (Wildman–Crippen MR) is 85.9 cm³/mol. The Kier molecular flexibility index (Phi) is 5.98. The second-order valence-electron chi connectivity index (χ2n) is 4.71. The summed E-state index contributed by atoms with van der Waals surface area (Å²) < 4.78 is 0. The zero-order valence-corrected chi connectivity index (χ0v) is 13.3. The molecule has 0 aromatic carbocycles. The van der Waals surface area contributed by atoms with Gasteiger partial charge in [0.25, 0.3) is 5.91 Å². The first-order valence-electron chi connectivity index (χ1n) is 7.00. The van der Waals surface area contributed by atoms with Crippen molar-refractivity contribution in [3.63, 3.8) is 0 Å². The number of anilines is 1. The molecule has 1 aromatic heterocycles. The Labute approximate surface area is 129 Å². The fourth-order valence-electron chi connectivity index (χ4n) is 2.04. The fraction of sp³-hybridized carbons (Fsp3) is 0.571. The number of amides is 1. The molecule has 4 nitrogen and oxygen atoms in total. The second-order valence-corrected chi connectivity index (χ2v) is 6.34. The Balaban J connectivity index is 2.14. The van der Waals surface area contributed by atoms with Gasteiger partial charge in [0.1, 0.15) is 11.5 Å². The number of aromatic nitrogens is 1. The van der Waals surface area contributed by atoms with E-state index in [0.29, 0.717) is 16.5 Å². The van der Waals surface area contributed by atoms with E-state index in [-0.39, 0.29) is 5.91 Å². The van der Waals surface area contributed by atoms with E-state index in [9.17, 15) is 4.79 Å². The average Bonchev–Trinajstić information content (AvgIpc) is 2.75. The van der Waals surface area contributed by atoms with Crippen molar-refractivity contribution in [2.24, 2.45) is 0 Å². The molecule has 1 aromatic rings. The number of nitrogens with zero attached hydrogens (tertiary/aromatic N) is 2. The van der Waals surface area contributed by atoms with Gasteiger partial charge in [-0.15, -0.1) is 0 Å². The first-order valence-corrected chi connectivity index (χ1v) is 8.53. The molecule has 1 saturated heterocycles. The first-order chi connectivity index (χ1) is 9.72. The van der Waals surface area contributed by atoms with Crippen LogP contribution in [-0.4, -0.2) is 46.9 Å². The lowest BCUT2D eigenvalue weighted by Crippen LogP contribution is -2.33. The van der Waals surface area contributed by atoms with Gasteiger partial charge in [-0.3, -0.25) is 4.79 Å². The van der Waals surface area contributed by atoms with Crippen LogP contribution in [-0.2, 0) is 0 Å². The normalized spacial score (nSPS) is 15.8. The monoisotopic (exact) mass is 313 g/mol. The van der Waals surface area contributed by atoms with Crippen LogP contribution in [0.2, 0.25) is 5.02 Å². The molecule has 0 aliphatic carbocycles. The smallest absolute Gasteiger partial charge is 0.274 e. The van der Waals surface area contributed by atoms with E-state index in [1.807, 2.05) is 22.7 Å². The summed E-state index contributed by atoms with van der Waals surface area (Å²) in [6.45, 7) is 4.48. The van der Waals surface area contributed by atoms with Gasteiger partial charge in [0.2, 0.25) is 0 Å². The summed E-state index contributed by atoms with van der Waals surface area (Å²) in [4.78, 5) is 18.8. The number of thioether (sulfide) groups is 1. The lowest BCUT2D eigenvalue weighted by molar-refractivity contribution is 0.0763. The van der Waals surface area contributed by atoms with Crippen LogP contribution in [0.5, 0.6) is 0 Å². The van der Waals surface area contributed by atoms with Crippen LogP contribution in [0.4, 0.5) is 5.82 Å². The van der Waals surface area contributed by atoms with Crippen LogP contribution in [0.3, 0.4) is 0 Å². The Bertz CT molecular complexity index is 462. The summed E-state index contributed by atoms with van der Waals surface area (Å²) in [6.07, 6.45) is 2.04. The molecule has 6 heteroatoms. The van der Waals surface area contributed by atoms with Crippen LogP contribution in [0.25, 0.3) is 0 Å². The zero-order valence-electron chi connectivity index (χ0n) is 11.7. The number of hydrogen-bond acceptors (Lipinski definition) is 4. The average molecular weight is 314 g/mol. The van der Waals surface area contributed by atoms with Crippen LogP contribution < -0.4 is 5.32 Å². The minimum Gasteiger partial charge on any atom is -0.370 e. The highest BCUT2D eigenvalue weighted by Crippen LogP contribution is 2.20. The van der Waals surface area contributed by atoms with Crippen LogP contribution in [0.1, 0.15) is 30.3 Å². The molecule has 20 heavy (non-hydrogen) atoms. The Morgan fingerprint density at radius 2 is 2.30 bits per heavy atom. The first kappa shape index (κ1) is 15.4. The van der Waals surface area contributed by atoms with E-state index < -0.39 is 0 Å². The van der Waals surface area contributed by atoms with Gasteiger partial charge >= 0.3 is 0 Å². The lowest BCUT2D eigenvalue weighted by Gasteiger charge is -2.20. The van der Waals surface area contributed by atoms with Gasteiger partial charge in [-0.05, 0) is 30.7 Å². The van der Waals surface area contributed by atoms with Crippen molar-refractivity contribution in [1.29, 1.82) is 0 Å². The maximum atomic E-state index is 12.5. The number of pyridine rings is 1. The molecule has 0 unspecified atom stereocenters. The third-order valence-electron chi connectivity index (χ3n) is 3.11. The molecule has 0 saturated carbocycles. The number of halogens is 1. The van der Waals surface area contributed by atoms with Gasteiger partial charge in [0.05, 0.1) is 5.02 Å². The SMILES string of the molecule is CCCNc1ccc(Cl)c(C(=O)N2CCCSCC2)n1. The summed E-state index contributed by atoms with van der Waals surface area (Å²) in [5.74, 6) is 2.75. The third-order valence-corrected chi connectivity index (χ3v) is 4.47. The molecular weight excluding hydrogens is 294 g/mol. The van der Waals surface area contributed by atoms with Gasteiger partial charge < -0.3 is 10.2 Å². The van der Waals surface area contributed by atoms with Crippen LogP contribution in [0, 0.1) is 0 Å². The summed E-state index contributed by atoms with van der Waals surface area (Å²) >= 11 is 8.03. The number of rotatable bonds is 4. The Morgan fingerprint density at radius 3 is 3.10 bits per heavy atom. The van der Waals surface area contributed by atoms with Gasteiger partial charge in [-0.1, -0.05) is 18.5 Å². The molecule has 0 atom stereocenters. The quantitative estimate of drug-likeness (QED) is 0.927. The Hall–Kier alpha value is -0.940. The highest BCUT2D eigenvalue weighted by Gasteiger charge is 2.21. The van der Waals surface area contributed by atoms with Crippen molar-refractivity contribution in [2.75, 3.05) is 36.5 Å². The van der Waals surface area contributed by atoms with Gasteiger partial charge in [0, 0.05) is 25.4 Å². The number of carbonyl (C=O) groups excluding carboxylic acids is 1. The summed E-state index contributed by atoms with van der Waals surface area (Å²) in [5.41, 5.74) is 0.361. The van der Waals surface area contributed by atoms with E-state index >= 15 is 0 Å². The maximum Gasteiger partial charge on any atom is 0.274 e. The van der Waals surface area contributed by atoms with Crippen molar-refractivity contribution in [1.82, 2.24) is 9.88 Å². The number of hydrogen-bond donors (Lipinski definition) is 1. The van der Waals surface area contributed by atoms with Crippen molar-refractivity contribution >= 4 is 35.1 Å². The third kappa shape index (κ3) is 4.03. The molecule has 0 radical (unpaired) electrons. The van der Waals surface area contributed by atoms with Gasteiger partial charge in [-0.25, -0.2) is 4.98 Å². The molecule has 1 fully saturated rings. The predicted octanol–water partition coefficient (Wildman–Crippen LogP) is 3.14. The molecule has 1 aliphatic rings. The zero-order chi connectivity index (χ0) is 14.4. The van der Waals surface area contributed by atoms with Crippen LogP contribution >= 0.6 is 23.4 Å². The summed E-state index contributed by atoms with van der Waals surface area (Å²) in [7, 11) is 0. The van der Waals surface area contributed by atoms with Gasteiger partial charge in [-0.2, -0.15) is 11.8 Å². The largest absolute Gasteiger partial charge is 0.370 e. The summed E-state index contributed by atoms with van der Waals surface area (Å²) in [6, 6.07) is 3.55. The molecular formula is C14H20ClN3OS. The molecule has 110 valence electrons. The van der Waals surface area contributed by atoms with E-state index in [2.05, 4.69) is 17.2 Å².